The van der Waals surface area contributed by atoms with Crippen LogP contribution in [0.1, 0.15) is 41.5 Å². The number of hydrogen-bond acceptors (Lipinski definition) is 3. The molecule has 0 saturated carbocycles. The van der Waals surface area contributed by atoms with Crippen molar-refractivity contribution in [1.29, 1.82) is 0 Å². The molecular weight excluding hydrogens is 353 g/mol. The molecule has 0 bridgehead atoms. The van der Waals surface area contributed by atoms with Crippen LogP contribution in [0.25, 0.3) is 0 Å². The van der Waals surface area contributed by atoms with Crippen molar-refractivity contribution in [1.82, 2.24) is 14.9 Å². The fourth-order valence-electron chi connectivity index (χ4n) is 3.73. The van der Waals surface area contributed by atoms with Crippen LogP contribution in [0.15, 0.2) is 66.9 Å². The molecule has 1 atom stereocenters. The largest absolute Gasteiger partial charge is 0.334 e. The van der Waals surface area contributed by atoms with Crippen molar-refractivity contribution in [2.24, 2.45) is 0 Å². The Balaban J connectivity index is 1.49. The minimum atomic E-state index is -0.238. The van der Waals surface area contributed by atoms with Gasteiger partial charge in [0.1, 0.15) is 5.82 Å². The van der Waals surface area contributed by atoms with Crippen LogP contribution in [0.5, 0.6) is 0 Å². The van der Waals surface area contributed by atoms with Crippen LogP contribution in [-0.2, 0) is 17.6 Å². The number of carbonyl (C=O) groups is 1. The van der Waals surface area contributed by atoms with Crippen LogP contribution in [0, 0.1) is 5.82 Å². The molecule has 3 aromatic rings. The van der Waals surface area contributed by atoms with E-state index in [1.54, 1.807) is 18.3 Å². The maximum Gasteiger partial charge on any atom is 0.229 e. The van der Waals surface area contributed by atoms with E-state index in [4.69, 9.17) is 4.98 Å². The second-order valence-electron chi connectivity index (χ2n) is 7.10. The summed E-state index contributed by atoms with van der Waals surface area (Å²) in [6, 6.07) is 18.1. The summed E-state index contributed by atoms with van der Waals surface area (Å²) in [7, 11) is 0. The molecule has 0 N–H and O–H groups in total. The Hall–Kier alpha value is -3.08. The predicted molar refractivity (Wildman–Crippen MR) is 105 cm³/mol. The normalized spacial score (nSPS) is 16.3. The van der Waals surface area contributed by atoms with Gasteiger partial charge < -0.3 is 4.90 Å². The van der Waals surface area contributed by atoms with Gasteiger partial charge in [-0.15, -0.1) is 0 Å². The third kappa shape index (κ3) is 4.25. The van der Waals surface area contributed by atoms with Crippen molar-refractivity contribution in [2.45, 2.75) is 31.7 Å². The molecule has 4 rings (SSSR count). The van der Waals surface area contributed by atoms with E-state index in [1.807, 2.05) is 41.3 Å². The van der Waals surface area contributed by atoms with E-state index >= 15 is 0 Å². The highest BCUT2D eigenvalue weighted by molar-refractivity contribution is 5.79. The minimum absolute atomic E-state index is 0.00406. The fourth-order valence-corrected chi connectivity index (χ4v) is 3.73. The number of amides is 1. The number of benzene rings is 1. The highest BCUT2D eigenvalue weighted by Gasteiger charge is 2.31. The predicted octanol–water partition coefficient (Wildman–Crippen LogP) is 4.11. The first kappa shape index (κ1) is 18.3. The van der Waals surface area contributed by atoms with E-state index in [1.165, 1.54) is 12.1 Å². The summed E-state index contributed by atoms with van der Waals surface area (Å²) in [5, 5.41) is 0. The molecule has 1 amide bonds. The lowest BCUT2D eigenvalue weighted by atomic mass is 10.1. The van der Waals surface area contributed by atoms with Gasteiger partial charge in [-0.2, -0.15) is 0 Å². The number of likely N-dealkylation sites (tertiary alicyclic amines) is 1. The Morgan fingerprint density at radius 2 is 1.86 bits per heavy atom. The van der Waals surface area contributed by atoms with Crippen molar-refractivity contribution in [3.63, 3.8) is 0 Å². The molecule has 2 aromatic heterocycles. The second kappa shape index (κ2) is 8.30. The molecule has 4 nitrogen and oxygen atoms in total. The summed E-state index contributed by atoms with van der Waals surface area (Å²) >= 11 is 0. The van der Waals surface area contributed by atoms with E-state index in [9.17, 15) is 9.18 Å². The number of aromatic nitrogens is 2. The van der Waals surface area contributed by atoms with Gasteiger partial charge in [0.05, 0.1) is 18.2 Å². The molecular formula is C23H22FN3O. The number of pyridine rings is 2. The van der Waals surface area contributed by atoms with Crippen LogP contribution < -0.4 is 0 Å². The summed E-state index contributed by atoms with van der Waals surface area (Å²) < 4.78 is 13.1. The van der Waals surface area contributed by atoms with Gasteiger partial charge >= 0.3 is 0 Å². The molecule has 142 valence electrons. The maximum atomic E-state index is 13.1. The highest BCUT2D eigenvalue weighted by Crippen LogP contribution is 2.31. The monoisotopic (exact) mass is 375 g/mol. The summed E-state index contributed by atoms with van der Waals surface area (Å²) in [4.78, 5) is 23.8. The van der Waals surface area contributed by atoms with E-state index in [0.29, 0.717) is 12.8 Å². The number of carbonyl (C=O) groups excluding carboxylic acids is 1. The molecule has 1 aromatic carbocycles. The zero-order valence-electron chi connectivity index (χ0n) is 15.6. The lowest BCUT2D eigenvalue weighted by Crippen LogP contribution is -2.32. The average Bonchev–Trinajstić information content (AvgIpc) is 3.21. The van der Waals surface area contributed by atoms with Gasteiger partial charge in [-0.3, -0.25) is 14.8 Å². The van der Waals surface area contributed by atoms with Gasteiger partial charge in [-0.05, 0) is 54.8 Å². The molecule has 0 spiro atoms. The summed E-state index contributed by atoms with van der Waals surface area (Å²) in [6.07, 6.45) is 4.56. The molecule has 5 heteroatoms. The van der Waals surface area contributed by atoms with Gasteiger partial charge in [-0.1, -0.05) is 24.3 Å². The van der Waals surface area contributed by atoms with E-state index < -0.39 is 0 Å². The van der Waals surface area contributed by atoms with Crippen molar-refractivity contribution in [2.75, 3.05) is 6.54 Å². The molecule has 1 saturated heterocycles. The van der Waals surface area contributed by atoms with E-state index in [0.717, 1.165) is 42.0 Å². The van der Waals surface area contributed by atoms with Crippen LogP contribution in [0.2, 0.25) is 0 Å². The molecule has 1 aliphatic heterocycles. The van der Waals surface area contributed by atoms with Gasteiger partial charge in [0.25, 0.3) is 0 Å². The van der Waals surface area contributed by atoms with Crippen molar-refractivity contribution in [3.05, 3.63) is 95.3 Å². The first-order valence-corrected chi connectivity index (χ1v) is 9.59. The highest BCUT2D eigenvalue weighted by atomic mass is 19.1. The average molecular weight is 375 g/mol. The summed E-state index contributed by atoms with van der Waals surface area (Å²) in [6.45, 7) is 0.750. The SMILES string of the molecule is O=C(Cc1ccccn1)N1CCC[C@@H]1c1cccc(Cc2ccc(F)cc2)n1. The lowest BCUT2D eigenvalue weighted by molar-refractivity contribution is -0.131. The van der Waals surface area contributed by atoms with Gasteiger partial charge in [0, 0.05) is 30.6 Å². The van der Waals surface area contributed by atoms with E-state index in [2.05, 4.69) is 4.98 Å². The third-order valence-corrected chi connectivity index (χ3v) is 5.10. The van der Waals surface area contributed by atoms with E-state index in [-0.39, 0.29) is 17.8 Å². The lowest BCUT2D eigenvalue weighted by Gasteiger charge is -2.24. The van der Waals surface area contributed by atoms with Gasteiger partial charge in [0.15, 0.2) is 0 Å². The molecule has 28 heavy (non-hydrogen) atoms. The standard InChI is InChI=1S/C23H22FN3O/c24-18-11-9-17(10-12-18)15-20-6-3-7-21(26-20)22-8-4-14-27(22)23(28)16-19-5-1-2-13-25-19/h1-3,5-7,9-13,22H,4,8,14-16H2/t22-/m1/s1. The Kier molecular flexibility index (Phi) is 5.42. The molecule has 1 fully saturated rings. The van der Waals surface area contributed by atoms with Crippen LogP contribution in [-0.4, -0.2) is 27.3 Å². The molecule has 0 aliphatic carbocycles. The molecule has 0 radical (unpaired) electrons. The Morgan fingerprint density at radius 3 is 2.64 bits per heavy atom. The number of hydrogen-bond donors (Lipinski definition) is 0. The molecule has 1 aliphatic rings. The Morgan fingerprint density at radius 1 is 1.04 bits per heavy atom. The van der Waals surface area contributed by atoms with Crippen molar-refractivity contribution >= 4 is 5.91 Å². The third-order valence-electron chi connectivity index (χ3n) is 5.10. The number of halogens is 1. The van der Waals surface area contributed by atoms with Crippen molar-refractivity contribution in [3.8, 4) is 0 Å². The quantitative estimate of drug-likeness (QED) is 0.674. The smallest absolute Gasteiger partial charge is 0.229 e. The van der Waals surface area contributed by atoms with Gasteiger partial charge in [-0.25, -0.2) is 4.39 Å². The first-order chi connectivity index (χ1) is 13.7. The first-order valence-electron chi connectivity index (χ1n) is 9.59. The van der Waals surface area contributed by atoms with Crippen molar-refractivity contribution < 1.29 is 9.18 Å². The number of nitrogens with zero attached hydrogens (tertiary/aromatic N) is 3. The van der Waals surface area contributed by atoms with Crippen LogP contribution >= 0.6 is 0 Å². The van der Waals surface area contributed by atoms with Crippen LogP contribution in [0.3, 0.4) is 0 Å². The Bertz CT molecular complexity index is 944. The van der Waals surface area contributed by atoms with Gasteiger partial charge in [0.2, 0.25) is 5.91 Å². The molecule has 0 unspecified atom stereocenters. The zero-order valence-corrected chi connectivity index (χ0v) is 15.6. The summed E-state index contributed by atoms with van der Waals surface area (Å²) in [5.41, 5.74) is 3.65. The summed E-state index contributed by atoms with van der Waals surface area (Å²) in [5.74, 6) is -0.148. The van der Waals surface area contributed by atoms with Crippen LogP contribution in [0.4, 0.5) is 4.39 Å². The number of rotatable bonds is 5. The minimum Gasteiger partial charge on any atom is -0.334 e. The Labute approximate surface area is 164 Å². The zero-order chi connectivity index (χ0) is 19.3. The second-order valence-corrected chi connectivity index (χ2v) is 7.10. The fraction of sp³-hybridized carbons (Fsp3) is 0.261. The maximum absolute atomic E-state index is 13.1. The molecule has 3 heterocycles. The topological polar surface area (TPSA) is 46.1 Å².